The van der Waals surface area contributed by atoms with Crippen LogP contribution in [0.4, 0.5) is 4.79 Å². The summed E-state index contributed by atoms with van der Waals surface area (Å²) < 4.78 is 0. The molecule has 1 rings (SSSR count). The Hall–Kier alpha value is -1.79. The summed E-state index contributed by atoms with van der Waals surface area (Å²) in [6.07, 6.45) is 1.88. The Morgan fingerprint density at radius 1 is 1.22 bits per heavy atom. The standard InChI is InChI=1S/C11H19N3O4/c1-2-12-8(15)4-7-13-10(18)14-11(9(16)17)5-3-6-11/h2-7H2,1H3,(H,12,15)(H,16,17)(H2,13,14,18). The fourth-order valence-electron chi connectivity index (χ4n) is 1.76. The molecule has 102 valence electrons. The number of hydrogen-bond acceptors (Lipinski definition) is 3. The predicted octanol–water partition coefficient (Wildman–Crippen LogP) is -0.181. The number of hydrogen-bond donors (Lipinski definition) is 4. The maximum Gasteiger partial charge on any atom is 0.329 e. The number of rotatable bonds is 6. The van der Waals surface area contributed by atoms with Gasteiger partial charge in [0.05, 0.1) is 0 Å². The van der Waals surface area contributed by atoms with Gasteiger partial charge in [0.1, 0.15) is 5.54 Å². The normalized spacial score (nSPS) is 16.3. The minimum atomic E-state index is -1.12. The summed E-state index contributed by atoms with van der Waals surface area (Å²) in [5, 5.41) is 16.5. The van der Waals surface area contributed by atoms with Crippen LogP contribution in [0, 0.1) is 0 Å². The molecule has 0 saturated heterocycles. The molecule has 1 aliphatic carbocycles. The van der Waals surface area contributed by atoms with Gasteiger partial charge in [-0.25, -0.2) is 9.59 Å². The number of carbonyl (C=O) groups is 3. The van der Waals surface area contributed by atoms with Crippen LogP contribution in [0.25, 0.3) is 0 Å². The molecule has 4 N–H and O–H groups in total. The van der Waals surface area contributed by atoms with E-state index in [-0.39, 0.29) is 18.9 Å². The van der Waals surface area contributed by atoms with Gasteiger partial charge in [0.15, 0.2) is 0 Å². The molecule has 7 nitrogen and oxygen atoms in total. The van der Waals surface area contributed by atoms with Crippen LogP contribution >= 0.6 is 0 Å². The monoisotopic (exact) mass is 257 g/mol. The molecule has 0 aromatic heterocycles. The van der Waals surface area contributed by atoms with Crippen LogP contribution in [0.2, 0.25) is 0 Å². The summed E-state index contributed by atoms with van der Waals surface area (Å²) in [6, 6.07) is -0.540. The summed E-state index contributed by atoms with van der Waals surface area (Å²) in [5.41, 5.74) is -1.12. The largest absolute Gasteiger partial charge is 0.480 e. The first-order chi connectivity index (χ1) is 8.50. The Morgan fingerprint density at radius 3 is 2.33 bits per heavy atom. The Morgan fingerprint density at radius 2 is 1.89 bits per heavy atom. The topological polar surface area (TPSA) is 108 Å². The van der Waals surface area contributed by atoms with Crippen molar-refractivity contribution >= 4 is 17.9 Å². The lowest BCUT2D eigenvalue weighted by Gasteiger charge is -2.38. The van der Waals surface area contributed by atoms with Crippen molar-refractivity contribution in [3.05, 3.63) is 0 Å². The molecule has 7 heteroatoms. The first kappa shape index (κ1) is 14.3. The maximum atomic E-state index is 11.5. The molecular formula is C11H19N3O4. The van der Waals surface area contributed by atoms with Gasteiger partial charge in [-0.15, -0.1) is 0 Å². The van der Waals surface area contributed by atoms with Crippen molar-refractivity contribution in [2.45, 2.75) is 38.1 Å². The Kier molecular flexibility index (Phi) is 4.94. The average Bonchev–Trinajstić information content (AvgIpc) is 2.23. The second kappa shape index (κ2) is 6.23. The van der Waals surface area contributed by atoms with Crippen LogP contribution in [0.15, 0.2) is 0 Å². The number of aliphatic carboxylic acids is 1. The highest BCUT2D eigenvalue weighted by Crippen LogP contribution is 2.31. The SMILES string of the molecule is CCNC(=O)CCNC(=O)NC1(C(=O)O)CCC1. The van der Waals surface area contributed by atoms with E-state index in [1.165, 1.54) is 0 Å². The van der Waals surface area contributed by atoms with E-state index in [2.05, 4.69) is 16.0 Å². The van der Waals surface area contributed by atoms with Gasteiger partial charge in [-0.3, -0.25) is 4.79 Å². The lowest BCUT2D eigenvalue weighted by molar-refractivity contribution is -0.148. The van der Waals surface area contributed by atoms with Crippen molar-refractivity contribution in [1.82, 2.24) is 16.0 Å². The molecule has 3 amide bonds. The number of nitrogens with one attached hydrogen (secondary N) is 3. The van der Waals surface area contributed by atoms with Crippen molar-refractivity contribution in [2.75, 3.05) is 13.1 Å². The van der Waals surface area contributed by atoms with Crippen molar-refractivity contribution in [1.29, 1.82) is 0 Å². The van der Waals surface area contributed by atoms with Gasteiger partial charge in [0.25, 0.3) is 0 Å². The summed E-state index contributed by atoms with van der Waals surface area (Å²) in [7, 11) is 0. The number of amides is 3. The van der Waals surface area contributed by atoms with E-state index in [1.807, 2.05) is 6.92 Å². The van der Waals surface area contributed by atoms with Gasteiger partial charge in [-0.05, 0) is 26.2 Å². The molecule has 0 aliphatic heterocycles. The van der Waals surface area contributed by atoms with Crippen LogP contribution in [0.1, 0.15) is 32.6 Å². The summed E-state index contributed by atoms with van der Waals surface area (Å²) >= 11 is 0. The third-order valence-corrected chi connectivity index (χ3v) is 2.98. The van der Waals surface area contributed by atoms with E-state index in [9.17, 15) is 14.4 Å². The third kappa shape index (κ3) is 3.61. The molecule has 0 spiro atoms. The molecule has 1 fully saturated rings. The fraction of sp³-hybridized carbons (Fsp3) is 0.727. The predicted molar refractivity (Wildman–Crippen MR) is 64.1 cm³/mol. The van der Waals surface area contributed by atoms with E-state index in [0.717, 1.165) is 6.42 Å². The molecular weight excluding hydrogens is 238 g/mol. The van der Waals surface area contributed by atoms with E-state index in [1.54, 1.807) is 0 Å². The van der Waals surface area contributed by atoms with Crippen molar-refractivity contribution < 1.29 is 19.5 Å². The third-order valence-electron chi connectivity index (χ3n) is 2.98. The van der Waals surface area contributed by atoms with Gasteiger partial charge in [0, 0.05) is 19.5 Å². The molecule has 0 bridgehead atoms. The molecule has 0 aromatic carbocycles. The lowest BCUT2D eigenvalue weighted by Crippen LogP contribution is -2.61. The van der Waals surface area contributed by atoms with Gasteiger partial charge in [-0.2, -0.15) is 0 Å². The molecule has 0 heterocycles. The Balaban J connectivity index is 2.25. The molecule has 1 aliphatic rings. The second-order valence-corrected chi connectivity index (χ2v) is 4.33. The highest BCUT2D eigenvalue weighted by atomic mass is 16.4. The number of carbonyl (C=O) groups excluding carboxylic acids is 2. The maximum absolute atomic E-state index is 11.5. The van der Waals surface area contributed by atoms with E-state index >= 15 is 0 Å². The van der Waals surface area contributed by atoms with E-state index in [4.69, 9.17) is 5.11 Å². The molecule has 0 unspecified atom stereocenters. The van der Waals surface area contributed by atoms with Crippen LogP contribution in [0.3, 0.4) is 0 Å². The molecule has 1 saturated carbocycles. The second-order valence-electron chi connectivity index (χ2n) is 4.33. The van der Waals surface area contributed by atoms with Gasteiger partial charge in [0.2, 0.25) is 5.91 Å². The smallest absolute Gasteiger partial charge is 0.329 e. The van der Waals surface area contributed by atoms with E-state index in [0.29, 0.717) is 19.4 Å². The summed E-state index contributed by atoms with van der Waals surface area (Å²) in [6.45, 7) is 2.55. The number of carboxylic acids is 1. The van der Waals surface area contributed by atoms with Crippen LogP contribution in [-0.2, 0) is 9.59 Å². The zero-order chi connectivity index (χ0) is 13.6. The van der Waals surface area contributed by atoms with Crippen LogP contribution < -0.4 is 16.0 Å². The summed E-state index contributed by atoms with van der Waals surface area (Å²) in [4.78, 5) is 33.6. The van der Waals surface area contributed by atoms with Crippen LogP contribution in [0.5, 0.6) is 0 Å². The fourth-order valence-corrected chi connectivity index (χ4v) is 1.76. The lowest BCUT2D eigenvalue weighted by atomic mass is 9.77. The van der Waals surface area contributed by atoms with Crippen LogP contribution in [-0.4, -0.2) is 41.6 Å². The van der Waals surface area contributed by atoms with Crippen molar-refractivity contribution in [3.63, 3.8) is 0 Å². The Bertz CT molecular complexity index is 339. The quantitative estimate of drug-likeness (QED) is 0.529. The van der Waals surface area contributed by atoms with E-state index < -0.39 is 17.5 Å². The average molecular weight is 257 g/mol. The minimum Gasteiger partial charge on any atom is -0.480 e. The first-order valence-electron chi connectivity index (χ1n) is 6.06. The number of urea groups is 1. The van der Waals surface area contributed by atoms with Gasteiger partial charge in [-0.1, -0.05) is 0 Å². The van der Waals surface area contributed by atoms with Gasteiger partial charge >= 0.3 is 12.0 Å². The zero-order valence-electron chi connectivity index (χ0n) is 10.4. The minimum absolute atomic E-state index is 0.144. The highest BCUT2D eigenvalue weighted by Gasteiger charge is 2.45. The molecule has 0 aromatic rings. The first-order valence-corrected chi connectivity index (χ1v) is 6.06. The highest BCUT2D eigenvalue weighted by molar-refractivity contribution is 5.87. The molecule has 18 heavy (non-hydrogen) atoms. The zero-order valence-corrected chi connectivity index (χ0v) is 10.4. The van der Waals surface area contributed by atoms with Crippen molar-refractivity contribution in [3.8, 4) is 0 Å². The van der Waals surface area contributed by atoms with Crippen molar-refractivity contribution in [2.24, 2.45) is 0 Å². The Labute approximate surface area is 105 Å². The molecule has 0 radical (unpaired) electrons. The molecule has 0 atom stereocenters. The summed E-state index contributed by atoms with van der Waals surface area (Å²) in [5.74, 6) is -1.15. The van der Waals surface area contributed by atoms with Gasteiger partial charge < -0.3 is 21.1 Å². The number of carboxylic acid groups (broad SMARTS) is 1.